The Labute approximate surface area is 109 Å². The molecule has 0 spiro atoms. The fourth-order valence-corrected chi connectivity index (χ4v) is 1.39. The van der Waals surface area contributed by atoms with E-state index in [2.05, 4.69) is 5.32 Å². The lowest BCUT2D eigenvalue weighted by molar-refractivity contribution is -0.122. The fraction of sp³-hybridized carbons (Fsp3) is 0.364. The van der Waals surface area contributed by atoms with E-state index in [-0.39, 0.29) is 37.9 Å². The number of carbonyl (C=O) groups is 3. The highest BCUT2D eigenvalue weighted by molar-refractivity contribution is 5.86. The average molecular weight is 269 g/mol. The number of carboxylic acids is 1. The third-order valence-corrected chi connectivity index (χ3v) is 2.18. The lowest BCUT2D eigenvalue weighted by atomic mass is 10.4. The summed E-state index contributed by atoms with van der Waals surface area (Å²) in [5, 5.41) is 11.4. The molecule has 0 aromatic carbocycles. The van der Waals surface area contributed by atoms with Crippen LogP contribution in [0, 0.1) is 0 Å². The summed E-state index contributed by atoms with van der Waals surface area (Å²) in [7, 11) is 0. The molecule has 0 unspecified atom stereocenters. The van der Waals surface area contributed by atoms with Crippen molar-refractivity contribution >= 4 is 17.8 Å². The third-order valence-electron chi connectivity index (χ3n) is 2.18. The van der Waals surface area contributed by atoms with Crippen LogP contribution < -0.4 is 11.1 Å². The maximum absolute atomic E-state index is 11.5. The molecule has 1 heterocycles. The Morgan fingerprint density at radius 1 is 1.42 bits per heavy atom. The molecule has 2 amide bonds. The van der Waals surface area contributed by atoms with E-state index >= 15 is 0 Å². The summed E-state index contributed by atoms with van der Waals surface area (Å²) in [5.41, 5.74) is 4.90. The van der Waals surface area contributed by atoms with Crippen LogP contribution in [0.4, 0.5) is 0 Å². The van der Waals surface area contributed by atoms with E-state index in [1.165, 1.54) is 16.8 Å². The van der Waals surface area contributed by atoms with Gasteiger partial charge in [0.2, 0.25) is 11.8 Å². The summed E-state index contributed by atoms with van der Waals surface area (Å²) in [6.07, 6.45) is 1.51. The van der Waals surface area contributed by atoms with E-state index in [0.29, 0.717) is 0 Å². The van der Waals surface area contributed by atoms with Crippen LogP contribution in [0.2, 0.25) is 0 Å². The van der Waals surface area contributed by atoms with Crippen molar-refractivity contribution in [2.75, 3.05) is 19.8 Å². The molecule has 1 rings (SSSR count). The number of nitrogens with two attached hydrogens (primary N) is 1. The first-order valence-corrected chi connectivity index (χ1v) is 5.52. The van der Waals surface area contributed by atoms with E-state index in [1.54, 1.807) is 6.07 Å². The molecule has 0 atom stereocenters. The van der Waals surface area contributed by atoms with Crippen LogP contribution >= 0.6 is 0 Å². The second-order valence-electron chi connectivity index (χ2n) is 3.70. The molecule has 4 N–H and O–H groups in total. The molecular formula is C11H15N3O5. The average Bonchev–Trinajstić information content (AvgIpc) is 2.76. The molecule has 19 heavy (non-hydrogen) atoms. The number of aromatic carboxylic acids is 1. The monoisotopic (exact) mass is 269 g/mol. The fourth-order valence-electron chi connectivity index (χ4n) is 1.39. The van der Waals surface area contributed by atoms with Gasteiger partial charge in [-0.1, -0.05) is 0 Å². The highest BCUT2D eigenvalue weighted by atomic mass is 16.5. The molecule has 0 bridgehead atoms. The maximum Gasteiger partial charge on any atom is 0.352 e. The first-order valence-electron chi connectivity index (χ1n) is 5.52. The zero-order chi connectivity index (χ0) is 14.3. The number of primary amides is 1. The summed E-state index contributed by atoms with van der Waals surface area (Å²) >= 11 is 0. The molecule has 8 nitrogen and oxygen atoms in total. The van der Waals surface area contributed by atoms with Gasteiger partial charge in [-0.3, -0.25) is 9.59 Å². The van der Waals surface area contributed by atoms with E-state index in [9.17, 15) is 14.4 Å². The highest BCUT2D eigenvalue weighted by Crippen LogP contribution is 2.01. The largest absolute Gasteiger partial charge is 0.477 e. The number of hydrogen-bond donors (Lipinski definition) is 3. The van der Waals surface area contributed by atoms with Gasteiger partial charge in [-0.25, -0.2) is 4.79 Å². The van der Waals surface area contributed by atoms with Crippen molar-refractivity contribution in [1.29, 1.82) is 0 Å². The smallest absolute Gasteiger partial charge is 0.352 e. The predicted octanol–water partition coefficient (Wildman–Crippen LogP) is -1.20. The van der Waals surface area contributed by atoms with Crippen LogP contribution in [0.5, 0.6) is 0 Å². The number of rotatable bonds is 8. The minimum absolute atomic E-state index is 0.0418. The lowest BCUT2D eigenvalue weighted by Crippen LogP contribution is -2.32. The summed E-state index contributed by atoms with van der Waals surface area (Å²) in [4.78, 5) is 32.7. The number of nitrogens with one attached hydrogen (secondary N) is 1. The Morgan fingerprint density at radius 3 is 2.79 bits per heavy atom. The second kappa shape index (κ2) is 7.17. The maximum atomic E-state index is 11.5. The summed E-state index contributed by atoms with van der Waals surface area (Å²) in [6.45, 7) is 0.0863. The quantitative estimate of drug-likeness (QED) is 0.512. The van der Waals surface area contributed by atoms with Gasteiger partial charge in [-0.2, -0.15) is 0 Å². The standard InChI is InChI=1S/C11H15N3O5/c12-9(15)7-19-5-3-13-10(16)6-14-4-1-2-8(14)11(17)18/h1-2,4H,3,5-7H2,(H2,12,15)(H,13,16)(H,17,18). The van der Waals surface area contributed by atoms with Crippen LogP contribution in [-0.4, -0.2) is 47.2 Å². The Hall–Kier alpha value is -2.35. The van der Waals surface area contributed by atoms with Gasteiger partial charge in [-0.05, 0) is 12.1 Å². The number of amides is 2. The van der Waals surface area contributed by atoms with Gasteiger partial charge in [0.15, 0.2) is 0 Å². The van der Waals surface area contributed by atoms with Crippen LogP contribution in [0.3, 0.4) is 0 Å². The van der Waals surface area contributed by atoms with Gasteiger partial charge >= 0.3 is 5.97 Å². The van der Waals surface area contributed by atoms with Gasteiger partial charge in [0.1, 0.15) is 18.8 Å². The van der Waals surface area contributed by atoms with E-state index in [0.717, 1.165) is 0 Å². The van der Waals surface area contributed by atoms with Crippen LogP contribution in [0.25, 0.3) is 0 Å². The molecule has 0 radical (unpaired) electrons. The summed E-state index contributed by atoms with van der Waals surface area (Å²) < 4.78 is 6.17. The molecule has 1 aromatic heterocycles. The number of carboxylic acid groups (broad SMARTS) is 1. The zero-order valence-electron chi connectivity index (χ0n) is 10.2. The van der Waals surface area contributed by atoms with Crippen LogP contribution in [0.15, 0.2) is 18.3 Å². The van der Waals surface area contributed by atoms with Gasteiger partial charge in [-0.15, -0.1) is 0 Å². The first kappa shape index (κ1) is 14.7. The van der Waals surface area contributed by atoms with E-state index in [4.69, 9.17) is 15.6 Å². The van der Waals surface area contributed by atoms with Crippen molar-refractivity contribution in [2.45, 2.75) is 6.54 Å². The van der Waals surface area contributed by atoms with Gasteiger partial charge in [0.05, 0.1) is 6.61 Å². The summed E-state index contributed by atoms with van der Waals surface area (Å²) in [6, 6.07) is 2.96. The van der Waals surface area contributed by atoms with Crippen molar-refractivity contribution < 1.29 is 24.2 Å². The van der Waals surface area contributed by atoms with Crippen molar-refractivity contribution in [3.8, 4) is 0 Å². The van der Waals surface area contributed by atoms with Crippen LogP contribution in [-0.2, 0) is 20.9 Å². The minimum Gasteiger partial charge on any atom is -0.477 e. The molecule has 0 aliphatic heterocycles. The molecule has 8 heteroatoms. The van der Waals surface area contributed by atoms with Gasteiger partial charge in [0, 0.05) is 12.7 Å². The molecule has 0 fully saturated rings. The molecule has 1 aromatic rings. The minimum atomic E-state index is -1.09. The Bertz CT molecular complexity index is 469. The molecular weight excluding hydrogens is 254 g/mol. The summed E-state index contributed by atoms with van der Waals surface area (Å²) in [5.74, 6) is -2.02. The molecule has 0 aliphatic rings. The number of aromatic nitrogens is 1. The van der Waals surface area contributed by atoms with Gasteiger partial charge < -0.3 is 25.5 Å². The highest BCUT2D eigenvalue weighted by Gasteiger charge is 2.11. The number of hydrogen-bond acceptors (Lipinski definition) is 4. The SMILES string of the molecule is NC(=O)COCCNC(=O)Cn1cccc1C(=O)O. The molecule has 104 valence electrons. The Balaban J connectivity index is 2.29. The molecule has 0 saturated carbocycles. The number of carbonyl (C=O) groups excluding carboxylic acids is 2. The van der Waals surface area contributed by atoms with Gasteiger partial charge in [0.25, 0.3) is 0 Å². The zero-order valence-corrected chi connectivity index (χ0v) is 10.2. The molecule has 0 aliphatic carbocycles. The van der Waals surface area contributed by atoms with E-state index < -0.39 is 11.9 Å². The van der Waals surface area contributed by atoms with Crippen LogP contribution in [0.1, 0.15) is 10.5 Å². The number of ether oxygens (including phenoxy) is 1. The Kier molecular flexibility index (Phi) is 5.55. The van der Waals surface area contributed by atoms with E-state index in [1.807, 2.05) is 0 Å². The second-order valence-corrected chi connectivity index (χ2v) is 3.70. The third kappa shape index (κ3) is 5.21. The van der Waals surface area contributed by atoms with Crippen molar-refractivity contribution in [1.82, 2.24) is 9.88 Å². The Morgan fingerprint density at radius 2 is 2.16 bits per heavy atom. The number of nitrogens with zero attached hydrogens (tertiary/aromatic N) is 1. The predicted molar refractivity (Wildman–Crippen MR) is 64.4 cm³/mol. The van der Waals surface area contributed by atoms with Crippen molar-refractivity contribution in [3.05, 3.63) is 24.0 Å². The lowest BCUT2D eigenvalue weighted by Gasteiger charge is -2.07. The van der Waals surface area contributed by atoms with Crippen molar-refractivity contribution in [3.63, 3.8) is 0 Å². The topological polar surface area (TPSA) is 124 Å². The normalized spacial score (nSPS) is 10.1. The first-order chi connectivity index (χ1) is 9.00. The molecule has 0 saturated heterocycles. The van der Waals surface area contributed by atoms with Crippen molar-refractivity contribution in [2.24, 2.45) is 5.73 Å².